The molecule has 2 rings (SSSR count). The van der Waals surface area contributed by atoms with E-state index >= 15 is 0 Å². The fourth-order valence-corrected chi connectivity index (χ4v) is 1.71. The van der Waals surface area contributed by atoms with Crippen molar-refractivity contribution in [1.29, 1.82) is 0 Å². The molecule has 0 aliphatic heterocycles. The third kappa shape index (κ3) is 3.34. The van der Waals surface area contributed by atoms with Gasteiger partial charge in [0.1, 0.15) is 0 Å². The number of benzene rings is 1. The first kappa shape index (κ1) is 13.1. The van der Waals surface area contributed by atoms with Gasteiger partial charge in [-0.2, -0.15) is 5.10 Å². The summed E-state index contributed by atoms with van der Waals surface area (Å²) < 4.78 is 6.52. The van der Waals surface area contributed by atoms with Crippen molar-refractivity contribution < 1.29 is 9.53 Å². The lowest BCUT2D eigenvalue weighted by atomic mass is 10.1. The number of anilines is 1. The molecular formula is C14H17N3O2. The maximum Gasteiger partial charge on any atom is 0.337 e. The summed E-state index contributed by atoms with van der Waals surface area (Å²) in [4.78, 5) is 11.3. The Balaban J connectivity index is 1.94. The molecule has 19 heavy (non-hydrogen) atoms. The van der Waals surface area contributed by atoms with Gasteiger partial charge in [-0.25, -0.2) is 4.79 Å². The summed E-state index contributed by atoms with van der Waals surface area (Å²) in [6.07, 6.45) is 3.76. The Kier molecular flexibility index (Phi) is 4.18. The number of hydrogen-bond acceptors (Lipinski definition) is 4. The van der Waals surface area contributed by atoms with E-state index in [-0.39, 0.29) is 5.97 Å². The third-order valence-corrected chi connectivity index (χ3v) is 2.83. The number of rotatable bonds is 5. The Hall–Kier alpha value is -2.30. The Morgan fingerprint density at radius 2 is 2.11 bits per heavy atom. The van der Waals surface area contributed by atoms with Crippen LogP contribution in [0.15, 0.2) is 36.7 Å². The molecule has 0 unspecified atom stereocenters. The number of aryl methyl sites for hydroxylation is 1. The maximum absolute atomic E-state index is 11.3. The van der Waals surface area contributed by atoms with Crippen molar-refractivity contribution in [3.05, 3.63) is 47.8 Å². The van der Waals surface area contributed by atoms with Gasteiger partial charge in [-0.3, -0.25) is 4.68 Å². The van der Waals surface area contributed by atoms with Crippen LogP contribution >= 0.6 is 0 Å². The summed E-state index contributed by atoms with van der Waals surface area (Å²) in [5.41, 5.74) is 2.64. The normalized spacial score (nSPS) is 10.2. The molecule has 1 aromatic carbocycles. The lowest BCUT2D eigenvalue weighted by molar-refractivity contribution is 0.0600. The molecule has 0 saturated carbocycles. The minimum atomic E-state index is -0.316. The first-order chi connectivity index (χ1) is 9.22. The van der Waals surface area contributed by atoms with Crippen LogP contribution in [0.3, 0.4) is 0 Å². The lowest BCUT2D eigenvalue weighted by Gasteiger charge is -2.04. The molecule has 5 nitrogen and oxygen atoms in total. The highest BCUT2D eigenvalue weighted by molar-refractivity contribution is 5.89. The molecule has 1 N–H and O–H groups in total. The fourth-order valence-electron chi connectivity index (χ4n) is 1.71. The van der Waals surface area contributed by atoms with Gasteiger partial charge < -0.3 is 10.1 Å². The summed E-state index contributed by atoms with van der Waals surface area (Å²) in [5.74, 6) is -0.316. The number of aromatic nitrogens is 2. The van der Waals surface area contributed by atoms with E-state index in [0.29, 0.717) is 12.1 Å². The molecule has 0 amide bonds. The second kappa shape index (κ2) is 6.04. The van der Waals surface area contributed by atoms with E-state index in [2.05, 4.69) is 15.2 Å². The Bertz CT molecular complexity index is 546. The molecule has 5 heteroatoms. The fraction of sp³-hybridized carbons (Fsp3) is 0.286. The molecule has 0 atom stereocenters. The molecule has 1 aromatic heterocycles. The number of nitrogens with zero attached hydrogens (tertiary/aromatic N) is 2. The minimum Gasteiger partial charge on any atom is -0.465 e. The molecule has 0 aliphatic rings. The monoisotopic (exact) mass is 259 g/mol. The topological polar surface area (TPSA) is 56.2 Å². The van der Waals surface area contributed by atoms with Gasteiger partial charge in [0.2, 0.25) is 0 Å². The van der Waals surface area contributed by atoms with Crippen LogP contribution in [0.1, 0.15) is 22.8 Å². The average Bonchev–Trinajstić information content (AvgIpc) is 2.93. The SMILES string of the molecule is CCn1cc(NCc2ccc(C(=O)OC)cc2)cn1. The van der Waals surface area contributed by atoms with E-state index in [1.165, 1.54) is 7.11 Å². The van der Waals surface area contributed by atoms with Gasteiger partial charge in [0, 0.05) is 19.3 Å². The van der Waals surface area contributed by atoms with Gasteiger partial charge in [0.15, 0.2) is 0 Å². The van der Waals surface area contributed by atoms with Crippen LogP contribution in [0.5, 0.6) is 0 Å². The van der Waals surface area contributed by atoms with Gasteiger partial charge >= 0.3 is 5.97 Å². The number of carbonyl (C=O) groups is 1. The molecule has 1 heterocycles. The average molecular weight is 259 g/mol. The van der Waals surface area contributed by atoms with Crippen molar-refractivity contribution in [1.82, 2.24) is 9.78 Å². The zero-order chi connectivity index (χ0) is 13.7. The third-order valence-electron chi connectivity index (χ3n) is 2.83. The van der Waals surface area contributed by atoms with Crippen LogP contribution < -0.4 is 5.32 Å². The second-order valence-corrected chi connectivity index (χ2v) is 4.13. The predicted molar refractivity (Wildman–Crippen MR) is 73.0 cm³/mol. The highest BCUT2D eigenvalue weighted by Crippen LogP contribution is 2.10. The first-order valence-electron chi connectivity index (χ1n) is 6.16. The van der Waals surface area contributed by atoms with E-state index in [9.17, 15) is 4.79 Å². The lowest BCUT2D eigenvalue weighted by Crippen LogP contribution is -2.02. The van der Waals surface area contributed by atoms with Gasteiger partial charge in [-0.05, 0) is 24.6 Å². The molecule has 2 aromatic rings. The summed E-state index contributed by atoms with van der Waals surface area (Å²) in [5, 5.41) is 7.47. The number of hydrogen-bond donors (Lipinski definition) is 1. The van der Waals surface area contributed by atoms with Crippen molar-refractivity contribution in [3.8, 4) is 0 Å². The van der Waals surface area contributed by atoms with Crippen LogP contribution in [0.4, 0.5) is 5.69 Å². The van der Waals surface area contributed by atoms with Gasteiger partial charge in [0.05, 0.1) is 24.6 Å². The van der Waals surface area contributed by atoms with E-state index in [1.807, 2.05) is 29.9 Å². The minimum absolute atomic E-state index is 0.316. The zero-order valence-corrected chi connectivity index (χ0v) is 11.1. The highest BCUT2D eigenvalue weighted by Gasteiger charge is 2.04. The van der Waals surface area contributed by atoms with Crippen LogP contribution in [0, 0.1) is 0 Å². The Morgan fingerprint density at radius 1 is 1.37 bits per heavy atom. The standard InChI is InChI=1S/C14H17N3O2/c1-3-17-10-13(9-16-17)15-8-11-4-6-12(7-5-11)14(18)19-2/h4-7,9-10,15H,3,8H2,1-2H3. The summed E-state index contributed by atoms with van der Waals surface area (Å²) >= 11 is 0. The van der Waals surface area contributed by atoms with Crippen molar-refractivity contribution in [2.45, 2.75) is 20.0 Å². The molecule has 100 valence electrons. The van der Waals surface area contributed by atoms with Crippen LogP contribution in [-0.4, -0.2) is 22.9 Å². The maximum atomic E-state index is 11.3. The second-order valence-electron chi connectivity index (χ2n) is 4.13. The molecular weight excluding hydrogens is 242 g/mol. The first-order valence-corrected chi connectivity index (χ1v) is 6.16. The van der Waals surface area contributed by atoms with Gasteiger partial charge in [0.25, 0.3) is 0 Å². The van der Waals surface area contributed by atoms with E-state index in [0.717, 1.165) is 17.8 Å². The van der Waals surface area contributed by atoms with Crippen molar-refractivity contribution in [3.63, 3.8) is 0 Å². The molecule has 0 aliphatic carbocycles. The molecule has 0 radical (unpaired) electrons. The number of carbonyl (C=O) groups excluding carboxylic acids is 1. The smallest absolute Gasteiger partial charge is 0.337 e. The van der Waals surface area contributed by atoms with Crippen molar-refractivity contribution >= 4 is 11.7 Å². The van der Waals surface area contributed by atoms with Crippen LogP contribution in [0.25, 0.3) is 0 Å². The van der Waals surface area contributed by atoms with E-state index in [4.69, 9.17) is 0 Å². The summed E-state index contributed by atoms with van der Waals surface area (Å²) in [7, 11) is 1.38. The predicted octanol–water partition coefficient (Wildman–Crippen LogP) is 2.30. The molecule has 0 fully saturated rings. The number of methoxy groups -OCH3 is 1. The summed E-state index contributed by atoms with van der Waals surface area (Å²) in [6, 6.07) is 7.34. The van der Waals surface area contributed by atoms with E-state index in [1.54, 1.807) is 18.3 Å². The van der Waals surface area contributed by atoms with E-state index < -0.39 is 0 Å². The quantitative estimate of drug-likeness (QED) is 0.837. The van der Waals surface area contributed by atoms with Crippen LogP contribution in [0.2, 0.25) is 0 Å². The number of esters is 1. The number of nitrogens with one attached hydrogen (secondary N) is 1. The van der Waals surface area contributed by atoms with Crippen molar-refractivity contribution in [2.75, 3.05) is 12.4 Å². The molecule has 0 spiro atoms. The zero-order valence-electron chi connectivity index (χ0n) is 11.1. The molecule has 0 bridgehead atoms. The Morgan fingerprint density at radius 3 is 2.68 bits per heavy atom. The summed E-state index contributed by atoms with van der Waals surface area (Å²) in [6.45, 7) is 3.59. The van der Waals surface area contributed by atoms with Crippen molar-refractivity contribution in [2.24, 2.45) is 0 Å². The largest absolute Gasteiger partial charge is 0.465 e. The Labute approximate surface area is 112 Å². The van der Waals surface area contributed by atoms with Gasteiger partial charge in [-0.1, -0.05) is 12.1 Å². The van der Waals surface area contributed by atoms with Crippen LogP contribution in [-0.2, 0) is 17.8 Å². The number of ether oxygens (including phenoxy) is 1. The van der Waals surface area contributed by atoms with Gasteiger partial charge in [-0.15, -0.1) is 0 Å². The highest BCUT2D eigenvalue weighted by atomic mass is 16.5. The molecule has 0 saturated heterocycles.